The van der Waals surface area contributed by atoms with Crippen LogP contribution in [-0.4, -0.2) is 14.9 Å². The van der Waals surface area contributed by atoms with Crippen LogP contribution in [0.2, 0.25) is 0 Å². The van der Waals surface area contributed by atoms with Crippen LogP contribution >= 0.6 is 0 Å². The van der Waals surface area contributed by atoms with Crippen molar-refractivity contribution in [2.24, 2.45) is 0 Å². The number of aromatic nitrogens is 2. The molecule has 0 saturated carbocycles. The number of hydrogen-bond donors (Lipinski definition) is 0. The second-order valence-electron chi connectivity index (χ2n) is 16.9. The molecule has 1 aliphatic carbocycles. The van der Waals surface area contributed by atoms with Crippen LogP contribution in [0.5, 0.6) is 0 Å². The Morgan fingerprint density at radius 2 is 0.754 bits per heavy atom. The number of fused-ring (bicyclic) bond motifs is 8. The van der Waals surface area contributed by atoms with E-state index >= 15 is 0 Å². The van der Waals surface area contributed by atoms with E-state index in [1.165, 1.54) is 54.7 Å². The second kappa shape index (κ2) is 13.4. The van der Waals surface area contributed by atoms with Crippen molar-refractivity contribution < 1.29 is 4.79 Å². The number of para-hydroxylation sites is 3. The average Bonchev–Trinajstić information content (AvgIpc) is 3.83. The maximum atomic E-state index is 13.6. The Kier molecular flexibility index (Phi) is 7.73. The van der Waals surface area contributed by atoms with Crippen molar-refractivity contribution in [3.8, 4) is 44.8 Å². The highest BCUT2D eigenvalue weighted by Crippen LogP contribution is 2.44. The van der Waals surface area contributed by atoms with Crippen molar-refractivity contribution >= 4 is 49.4 Å². The molecule has 9 aromatic carbocycles. The number of carbonyl (C=O) groups is 1. The first-order valence-corrected chi connectivity index (χ1v) is 21.0. The molecular formula is C58H40N2O. The molecule has 3 nitrogen and oxygen atoms in total. The Bertz CT molecular complexity index is 3570. The number of ketones is 1. The standard InChI is InChI=1S/C58H40N2O/c1-58(2)51-22-11-9-21-46(51)57(61)47-28-24-42(36-52(47)58)38-15-13-14-37(32-38)39-25-30-55-49(34-39)50-35-41(27-31-56(50)60(55)44-18-7-4-8-19-44)40-26-29-54-48(33-40)45-20-10-12-23-53(45)59(54)43-16-5-3-6-17-43/h3-36H,1-2H3. The molecule has 0 aliphatic heterocycles. The summed E-state index contributed by atoms with van der Waals surface area (Å²) in [5, 5.41) is 4.90. The molecule has 1 aliphatic rings. The van der Waals surface area contributed by atoms with Gasteiger partial charge in [0.1, 0.15) is 0 Å². The van der Waals surface area contributed by atoms with Crippen LogP contribution in [-0.2, 0) is 5.41 Å². The van der Waals surface area contributed by atoms with Gasteiger partial charge in [-0.3, -0.25) is 4.79 Å². The lowest BCUT2D eigenvalue weighted by atomic mass is 9.68. The van der Waals surface area contributed by atoms with Gasteiger partial charge in [0.05, 0.1) is 22.1 Å². The number of hydrogen-bond acceptors (Lipinski definition) is 1. The molecule has 0 N–H and O–H groups in total. The maximum absolute atomic E-state index is 13.6. The monoisotopic (exact) mass is 780 g/mol. The van der Waals surface area contributed by atoms with Crippen molar-refractivity contribution in [3.63, 3.8) is 0 Å². The van der Waals surface area contributed by atoms with E-state index < -0.39 is 0 Å². The summed E-state index contributed by atoms with van der Waals surface area (Å²) < 4.78 is 4.76. The topological polar surface area (TPSA) is 26.9 Å². The van der Waals surface area contributed by atoms with Gasteiger partial charge in [-0.2, -0.15) is 0 Å². The average molecular weight is 781 g/mol. The van der Waals surface area contributed by atoms with E-state index in [0.717, 1.165) is 55.9 Å². The van der Waals surface area contributed by atoms with E-state index in [1.54, 1.807) is 0 Å². The molecule has 0 spiro atoms. The number of carbonyl (C=O) groups excluding carboxylic acids is 1. The minimum atomic E-state index is -0.295. The van der Waals surface area contributed by atoms with Gasteiger partial charge in [0.2, 0.25) is 0 Å². The van der Waals surface area contributed by atoms with Gasteiger partial charge in [0, 0.05) is 49.5 Å². The SMILES string of the molecule is CC1(C)c2ccccc2C(=O)c2ccc(-c3cccc(-c4ccc5c(c4)c4cc(-c6ccc7c(c6)c6ccccc6n7-c6ccccc6)ccc4n5-c4ccccc4)c3)cc21. The number of benzene rings is 9. The summed E-state index contributed by atoms with van der Waals surface area (Å²) in [6, 6.07) is 74.0. The molecule has 2 aromatic heterocycles. The van der Waals surface area contributed by atoms with Gasteiger partial charge < -0.3 is 9.13 Å². The van der Waals surface area contributed by atoms with Crippen LogP contribution < -0.4 is 0 Å². The smallest absolute Gasteiger partial charge is 0.193 e. The normalized spacial score (nSPS) is 13.2. The minimum Gasteiger partial charge on any atom is -0.309 e. The van der Waals surface area contributed by atoms with E-state index in [9.17, 15) is 4.79 Å². The third-order valence-electron chi connectivity index (χ3n) is 13.1. The Balaban J connectivity index is 0.991. The molecule has 61 heavy (non-hydrogen) atoms. The lowest BCUT2D eigenvalue weighted by Gasteiger charge is -2.34. The first kappa shape index (κ1) is 35.2. The van der Waals surface area contributed by atoms with Gasteiger partial charge in [-0.05, 0) is 123 Å². The van der Waals surface area contributed by atoms with E-state index in [2.05, 4.69) is 205 Å². The van der Waals surface area contributed by atoms with Crippen LogP contribution in [0, 0.1) is 0 Å². The highest BCUT2D eigenvalue weighted by Gasteiger charge is 2.36. The third kappa shape index (κ3) is 5.40. The molecule has 0 fully saturated rings. The van der Waals surface area contributed by atoms with Gasteiger partial charge in [0.25, 0.3) is 0 Å². The van der Waals surface area contributed by atoms with Crippen LogP contribution in [0.25, 0.3) is 88.4 Å². The molecular weight excluding hydrogens is 741 g/mol. The summed E-state index contributed by atoms with van der Waals surface area (Å²) in [5.74, 6) is 0.104. The van der Waals surface area contributed by atoms with Crippen molar-refractivity contribution in [2.75, 3.05) is 0 Å². The van der Waals surface area contributed by atoms with Crippen LogP contribution in [0.3, 0.4) is 0 Å². The summed E-state index contributed by atoms with van der Waals surface area (Å²) in [7, 11) is 0. The molecule has 0 amide bonds. The Morgan fingerprint density at radius 3 is 1.34 bits per heavy atom. The highest BCUT2D eigenvalue weighted by atomic mass is 16.1. The van der Waals surface area contributed by atoms with E-state index in [1.807, 2.05) is 24.3 Å². The lowest BCUT2D eigenvalue weighted by Crippen LogP contribution is -2.30. The van der Waals surface area contributed by atoms with Crippen LogP contribution in [0.4, 0.5) is 0 Å². The zero-order valence-corrected chi connectivity index (χ0v) is 33.9. The van der Waals surface area contributed by atoms with Crippen LogP contribution in [0.1, 0.15) is 40.9 Å². The summed E-state index contributed by atoms with van der Waals surface area (Å²) >= 11 is 0. The molecule has 2 heterocycles. The molecule has 12 rings (SSSR count). The van der Waals surface area contributed by atoms with Crippen molar-refractivity contribution in [1.29, 1.82) is 0 Å². The van der Waals surface area contributed by atoms with Gasteiger partial charge in [-0.15, -0.1) is 0 Å². The van der Waals surface area contributed by atoms with E-state index in [0.29, 0.717) is 0 Å². The Morgan fingerprint density at radius 1 is 0.328 bits per heavy atom. The first-order chi connectivity index (χ1) is 29.9. The molecule has 0 radical (unpaired) electrons. The predicted octanol–water partition coefficient (Wildman–Crippen LogP) is 14.8. The fourth-order valence-corrected chi connectivity index (χ4v) is 10.1. The summed E-state index contributed by atoms with van der Waals surface area (Å²) in [4.78, 5) is 13.6. The van der Waals surface area contributed by atoms with E-state index in [-0.39, 0.29) is 11.2 Å². The second-order valence-corrected chi connectivity index (χ2v) is 16.9. The summed E-state index contributed by atoms with van der Waals surface area (Å²) in [5.41, 5.74) is 17.4. The predicted molar refractivity (Wildman–Crippen MR) is 253 cm³/mol. The van der Waals surface area contributed by atoms with Crippen molar-refractivity contribution in [2.45, 2.75) is 19.3 Å². The van der Waals surface area contributed by atoms with Crippen LogP contribution in [0.15, 0.2) is 206 Å². The Hall–Kier alpha value is -7.75. The quantitative estimate of drug-likeness (QED) is 0.171. The summed E-state index contributed by atoms with van der Waals surface area (Å²) in [6.07, 6.45) is 0. The fourth-order valence-electron chi connectivity index (χ4n) is 10.1. The minimum absolute atomic E-state index is 0.104. The summed E-state index contributed by atoms with van der Waals surface area (Å²) in [6.45, 7) is 4.46. The molecule has 3 heteroatoms. The van der Waals surface area contributed by atoms with Gasteiger partial charge in [-0.1, -0.05) is 141 Å². The lowest BCUT2D eigenvalue weighted by molar-refractivity contribution is 0.103. The van der Waals surface area contributed by atoms with Crippen molar-refractivity contribution in [1.82, 2.24) is 9.13 Å². The zero-order valence-electron chi connectivity index (χ0n) is 33.9. The first-order valence-electron chi connectivity index (χ1n) is 21.0. The van der Waals surface area contributed by atoms with E-state index in [4.69, 9.17) is 0 Å². The molecule has 0 saturated heterocycles. The molecule has 11 aromatic rings. The van der Waals surface area contributed by atoms with Gasteiger partial charge in [0.15, 0.2) is 5.78 Å². The van der Waals surface area contributed by atoms with Gasteiger partial charge >= 0.3 is 0 Å². The Labute approximate surface area is 354 Å². The fraction of sp³-hybridized carbons (Fsp3) is 0.0517. The molecule has 0 bridgehead atoms. The molecule has 0 atom stereocenters. The highest BCUT2D eigenvalue weighted by molar-refractivity contribution is 6.14. The largest absolute Gasteiger partial charge is 0.309 e. The molecule has 0 unspecified atom stereocenters. The number of rotatable bonds is 5. The third-order valence-corrected chi connectivity index (χ3v) is 13.1. The molecule has 288 valence electrons. The van der Waals surface area contributed by atoms with Gasteiger partial charge in [-0.25, -0.2) is 0 Å². The number of nitrogens with zero attached hydrogens (tertiary/aromatic N) is 2. The van der Waals surface area contributed by atoms with Crippen molar-refractivity contribution in [3.05, 3.63) is 229 Å². The zero-order chi connectivity index (χ0) is 40.8. The maximum Gasteiger partial charge on any atom is 0.193 e.